The van der Waals surface area contributed by atoms with Crippen LogP contribution >= 0.6 is 11.6 Å². The van der Waals surface area contributed by atoms with Gasteiger partial charge in [-0.25, -0.2) is 0 Å². The Kier molecular flexibility index (Phi) is 6.29. The van der Waals surface area contributed by atoms with Gasteiger partial charge in [0.25, 0.3) is 5.91 Å². The smallest absolute Gasteiger partial charge is 0.255 e. The molecule has 0 fully saturated rings. The molecular weight excluding hydrogens is 328 g/mol. The Morgan fingerprint density at radius 3 is 2.67 bits per heavy atom. The lowest BCUT2D eigenvalue weighted by atomic mass is 10.1. The molecule has 0 spiro atoms. The number of furan rings is 1. The fourth-order valence-corrected chi connectivity index (χ4v) is 2.51. The monoisotopic (exact) mass is 350 g/mol. The second kappa shape index (κ2) is 8.22. The molecule has 1 atom stereocenters. The fraction of sp³-hybridized carbons (Fsp3) is 0.389. The predicted octanol–water partition coefficient (Wildman–Crippen LogP) is 3.75. The molecule has 0 aliphatic carbocycles. The van der Waals surface area contributed by atoms with E-state index in [-0.39, 0.29) is 18.1 Å². The molecule has 1 aromatic carbocycles. The topological polar surface area (TPSA) is 54.7 Å². The van der Waals surface area contributed by atoms with Crippen molar-refractivity contribution in [2.75, 3.05) is 20.6 Å². The second-order valence-corrected chi connectivity index (χ2v) is 6.45. The van der Waals surface area contributed by atoms with E-state index < -0.39 is 0 Å². The first-order valence-electron chi connectivity index (χ1n) is 7.82. The molecule has 130 valence electrons. The van der Waals surface area contributed by atoms with Gasteiger partial charge in [-0.3, -0.25) is 9.69 Å². The first kappa shape index (κ1) is 18.4. The highest BCUT2D eigenvalue weighted by Crippen LogP contribution is 2.24. The number of amides is 1. The lowest BCUT2D eigenvalue weighted by Gasteiger charge is -2.23. The molecule has 0 radical (unpaired) electrons. The molecule has 0 saturated carbocycles. The first-order valence-corrected chi connectivity index (χ1v) is 8.20. The Balaban J connectivity index is 2.13. The van der Waals surface area contributed by atoms with Crippen LogP contribution in [0, 0.1) is 0 Å². The van der Waals surface area contributed by atoms with E-state index in [9.17, 15) is 4.79 Å². The molecule has 2 rings (SSSR count). The molecule has 0 aliphatic rings. The highest BCUT2D eigenvalue weighted by atomic mass is 35.5. The van der Waals surface area contributed by atoms with Gasteiger partial charge in [-0.05, 0) is 58.3 Å². The van der Waals surface area contributed by atoms with Gasteiger partial charge in [0.05, 0.1) is 24.0 Å². The zero-order chi connectivity index (χ0) is 17.7. The van der Waals surface area contributed by atoms with E-state index in [1.165, 1.54) is 0 Å². The zero-order valence-corrected chi connectivity index (χ0v) is 15.1. The largest absolute Gasteiger partial charge is 0.490 e. The van der Waals surface area contributed by atoms with E-state index >= 15 is 0 Å². The van der Waals surface area contributed by atoms with E-state index in [1.807, 2.05) is 45.0 Å². The Morgan fingerprint density at radius 1 is 1.33 bits per heavy atom. The first-order chi connectivity index (χ1) is 11.4. The molecule has 0 saturated heterocycles. The summed E-state index contributed by atoms with van der Waals surface area (Å²) in [5.41, 5.74) is 0.424. The highest BCUT2D eigenvalue weighted by molar-refractivity contribution is 6.31. The molecule has 5 nitrogen and oxygen atoms in total. The van der Waals surface area contributed by atoms with Crippen LogP contribution in [0.25, 0.3) is 0 Å². The number of carbonyl (C=O) groups excluding carboxylic acids is 1. The van der Waals surface area contributed by atoms with Crippen molar-refractivity contribution in [3.05, 3.63) is 52.9 Å². The second-order valence-electron chi connectivity index (χ2n) is 6.01. The summed E-state index contributed by atoms with van der Waals surface area (Å²) in [5.74, 6) is 1.09. The minimum absolute atomic E-state index is 0.0321. The molecule has 1 amide bonds. The normalized spacial score (nSPS) is 12.5. The van der Waals surface area contributed by atoms with Gasteiger partial charge in [0.2, 0.25) is 0 Å². The molecule has 24 heavy (non-hydrogen) atoms. The molecule has 2 aromatic rings. The van der Waals surface area contributed by atoms with Crippen LogP contribution in [0.1, 0.15) is 36.0 Å². The van der Waals surface area contributed by atoms with E-state index in [0.29, 0.717) is 22.9 Å². The van der Waals surface area contributed by atoms with Crippen LogP contribution < -0.4 is 10.1 Å². The Morgan fingerprint density at radius 2 is 2.08 bits per heavy atom. The molecule has 0 aliphatic heterocycles. The van der Waals surface area contributed by atoms with Crippen molar-refractivity contribution in [1.29, 1.82) is 0 Å². The summed E-state index contributed by atoms with van der Waals surface area (Å²) in [6.45, 7) is 4.23. The van der Waals surface area contributed by atoms with Gasteiger partial charge in [0, 0.05) is 11.6 Å². The molecule has 1 unspecified atom stereocenters. The molecule has 1 N–H and O–H groups in total. The van der Waals surface area contributed by atoms with Gasteiger partial charge in [-0.15, -0.1) is 0 Å². The number of carbonyl (C=O) groups is 1. The summed E-state index contributed by atoms with van der Waals surface area (Å²) in [6.07, 6.45) is 1.59. The molecule has 6 heteroatoms. The van der Waals surface area contributed by atoms with Crippen LogP contribution in [0.15, 0.2) is 41.0 Å². The molecule has 0 bridgehead atoms. The van der Waals surface area contributed by atoms with Crippen LogP contribution in [-0.4, -0.2) is 37.6 Å². The maximum absolute atomic E-state index is 12.6. The minimum Gasteiger partial charge on any atom is -0.490 e. The quantitative estimate of drug-likeness (QED) is 0.826. The number of rotatable bonds is 7. The number of hydrogen-bond acceptors (Lipinski definition) is 4. The third kappa shape index (κ3) is 4.76. The van der Waals surface area contributed by atoms with Crippen molar-refractivity contribution < 1.29 is 13.9 Å². The average Bonchev–Trinajstić information content (AvgIpc) is 3.02. The number of likely N-dealkylation sites (N-methyl/N-ethyl adjacent to an activating group) is 1. The number of nitrogens with one attached hydrogen (secondary N) is 1. The van der Waals surface area contributed by atoms with Gasteiger partial charge < -0.3 is 14.5 Å². The summed E-state index contributed by atoms with van der Waals surface area (Å²) in [5, 5.41) is 3.42. The van der Waals surface area contributed by atoms with Gasteiger partial charge in [0.15, 0.2) is 0 Å². The molecule has 1 heterocycles. The standard InChI is InChI=1S/C18H23ClN2O3/c1-12(2)24-16-8-7-13(19)10-14(16)18(22)20-11-15(21(3)4)17-6-5-9-23-17/h5-10,12,15H,11H2,1-4H3,(H,20,22). The van der Waals surface area contributed by atoms with Crippen molar-refractivity contribution in [2.24, 2.45) is 0 Å². The van der Waals surface area contributed by atoms with Crippen LogP contribution in [0.2, 0.25) is 5.02 Å². The predicted molar refractivity (Wildman–Crippen MR) is 94.7 cm³/mol. The van der Waals surface area contributed by atoms with Crippen molar-refractivity contribution in [3.8, 4) is 5.75 Å². The highest BCUT2D eigenvalue weighted by Gasteiger charge is 2.20. The van der Waals surface area contributed by atoms with Crippen LogP contribution in [0.3, 0.4) is 0 Å². The summed E-state index contributed by atoms with van der Waals surface area (Å²) in [7, 11) is 3.87. The Bertz CT molecular complexity index is 669. The van der Waals surface area contributed by atoms with E-state index in [2.05, 4.69) is 5.32 Å². The molecule has 1 aromatic heterocycles. The number of hydrogen-bond donors (Lipinski definition) is 1. The lowest BCUT2D eigenvalue weighted by Crippen LogP contribution is -2.34. The number of nitrogens with zero attached hydrogens (tertiary/aromatic N) is 1. The van der Waals surface area contributed by atoms with Crippen molar-refractivity contribution in [2.45, 2.75) is 26.0 Å². The van der Waals surface area contributed by atoms with Crippen molar-refractivity contribution >= 4 is 17.5 Å². The third-order valence-corrected chi connectivity index (χ3v) is 3.73. The maximum atomic E-state index is 12.6. The SMILES string of the molecule is CC(C)Oc1ccc(Cl)cc1C(=O)NCC(c1ccco1)N(C)C. The van der Waals surface area contributed by atoms with Crippen LogP contribution in [-0.2, 0) is 0 Å². The molecular formula is C18H23ClN2O3. The van der Waals surface area contributed by atoms with E-state index in [4.69, 9.17) is 20.8 Å². The summed E-state index contributed by atoms with van der Waals surface area (Å²) in [4.78, 5) is 14.6. The van der Waals surface area contributed by atoms with E-state index in [0.717, 1.165) is 5.76 Å². The average molecular weight is 351 g/mol. The van der Waals surface area contributed by atoms with Gasteiger partial charge in [0.1, 0.15) is 11.5 Å². The third-order valence-electron chi connectivity index (χ3n) is 3.50. The minimum atomic E-state index is -0.230. The summed E-state index contributed by atoms with van der Waals surface area (Å²) < 4.78 is 11.2. The maximum Gasteiger partial charge on any atom is 0.255 e. The lowest BCUT2D eigenvalue weighted by molar-refractivity contribution is 0.0933. The fourth-order valence-electron chi connectivity index (χ4n) is 2.34. The number of ether oxygens (including phenoxy) is 1. The summed E-state index contributed by atoms with van der Waals surface area (Å²) >= 11 is 6.03. The van der Waals surface area contributed by atoms with Crippen molar-refractivity contribution in [1.82, 2.24) is 10.2 Å². The number of halogens is 1. The van der Waals surface area contributed by atoms with Crippen LogP contribution in [0.5, 0.6) is 5.75 Å². The zero-order valence-electron chi connectivity index (χ0n) is 14.4. The van der Waals surface area contributed by atoms with Crippen LogP contribution in [0.4, 0.5) is 0 Å². The number of benzene rings is 1. The van der Waals surface area contributed by atoms with Gasteiger partial charge in [-0.2, -0.15) is 0 Å². The van der Waals surface area contributed by atoms with Gasteiger partial charge in [-0.1, -0.05) is 11.6 Å². The van der Waals surface area contributed by atoms with Crippen molar-refractivity contribution in [3.63, 3.8) is 0 Å². The van der Waals surface area contributed by atoms with Gasteiger partial charge >= 0.3 is 0 Å². The Hall–Kier alpha value is -1.98. The Labute approximate surface area is 147 Å². The van der Waals surface area contributed by atoms with E-state index in [1.54, 1.807) is 24.5 Å². The summed E-state index contributed by atoms with van der Waals surface area (Å²) in [6, 6.07) is 8.71.